The summed E-state index contributed by atoms with van der Waals surface area (Å²) < 4.78 is 9.40. The van der Waals surface area contributed by atoms with Gasteiger partial charge in [-0.15, -0.1) is 11.3 Å². The first-order valence-corrected chi connectivity index (χ1v) is 19.3. The smallest absolute Gasteiger partial charge is 0.136 e. The summed E-state index contributed by atoms with van der Waals surface area (Å²) in [7, 11) is 0. The van der Waals surface area contributed by atoms with Gasteiger partial charge in [0.15, 0.2) is 0 Å². The molecule has 12 aromatic rings. The van der Waals surface area contributed by atoms with Crippen LogP contribution in [0.25, 0.3) is 119 Å². The second-order valence-electron chi connectivity index (χ2n) is 14.3. The second kappa shape index (κ2) is 11.4. The Bertz CT molecular complexity index is 3450. The minimum atomic E-state index is 0.900. The molecule has 0 amide bonds. The SMILES string of the molecule is c1ccc2c(-c3c4ccccc4c(-c4ccc5c(c4)oc4cc(-c6cccc7c6sc6ccc8ccccc8c67)ccc45)c4ccccc34)cccc2c1. The van der Waals surface area contributed by atoms with Gasteiger partial charge >= 0.3 is 0 Å². The number of rotatable bonds is 3. The van der Waals surface area contributed by atoms with E-state index in [0.29, 0.717) is 0 Å². The average molecular weight is 703 g/mol. The lowest BCUT2D eigenvalue weighted by molar-refractivity contribution is 0.669. The third kappa shape index (κ3) is 4.26. The molecule has 1 nitrogen and oxygen atoms in total. The summed E-state index contributed by atoms with van der Waals surface area (Å²) >= 11 is 1.88. The molecule has 250 valence electrons. The fourth-order valence-corrected chi connectivity index (χ4v) is 10.3. The molecule has 0 fully saturated rings. The lowest BCUT2D eigenvalue weighted by atomic mass is 9.84. The maximum atomic E-state index is 6.77. The molecule has 0 saturated carbocycles. The van der Waals surface area contributed by atoms with Crippen molar-refractivity contribution in [2.75, 3.05) is 0 Å². The molecule has 2 heteroatoms. The number of hydrogen-bond acceptors (Lipinski definition) is 2. The molecule has 0 spiro atoms. The highest BCUT2D eigenvalue weighted by Gasteiger charge is 2.20. The Balaban J connectivity index is 1.04. The predicted molar refractivity (Wildman–Crippen MR) is 233 cm³/mol. The molecule has 10 aromatic carbocycles. The number of thiophene rings is 1. The van der Waals surface area contributed by atoms with Crippen molar-refractivity contribution in [2.45, 2.75) is 0 Å². The van der Waals surface area contributed by atoms with Gasteiger partial charge in [0.25, 0.3) is 0 Å². The number of hydrogen-bond donors (Lipinski definition) is 0. The van der Waals surface area contributed by atoms with Gasteiger partial charge in [-0.05, 0) is 107 Å². The van der Waals surface area contributed by atoms with Gasteiger partial charge in [-0.1, -0.05) is 152 Å². The van der Waals surface area contributed by atoms with E-state index in [1.807, 2.05) is 11.3 Å². The van der Waals surface area contributed by atoms with Crippen molar-refractivity contribution in [2.24, 2.45) is 0 Å². The summed E-state index contributed by atoms with van der Waals surface area (Å²) in [6.45, 7) is 0. The third-order valence-electron chi connectivity index (χ3n) is 11.5. The molecule has 2 heterocycles. The molecule has 0 N–H and O–H groups in total. The van der Waals surface area contributed by atoms with E-state index in [2.05, 4.69) is 182 Å². The van der Waals surface area contributed by atoms with Crippen molar-refractivity contribution < 1.29 is 4.42 Å². The zero-order valence-corrected chi connectivity index (χ0v) is 30.0. The van der Waals surface area contributed by atoms with E-state index >= 15 is 0 Å². The zero-order chi connectivity index (χ0) is 35.3. The van der Waals surface area contributed by atoms with Crippen LogP contribution in [-0.4, -0.2) is 0 Å². The Morgan fingerprint density at radius 2 is 0.852 bits per heavy atom. The van der Waals surface area contributed by atoms with Crippen LogP contribution in [0, 0.1) is 0 Å². The van der Waals surface area contributed by atoms with Crippen LogP contribution in [0.5, 0.6) is 0 Å². The van der Waals surface area contributed by atoms with Gasteiger partial charge < -0.3 is 4.42 Å². The average Bonchev–Trinajstić information content (AvgIpc) is 3.80. The van der Waals surface area contributed by atoms with Gasteiger partial charge in [0.1, 0.15) is 11.2 Å². The van der Waals surface area contributed by atoms with Gasteiger partial charge in [-0.2, -0.15) is 0 Å². The summed E-state index contributed by atoms with van der Waals surface area (Å²) in [5.74, 6) is 0. The molecule has 0 aliphatic carbocycles. The first-order chi connectivity index (χ1) is 26.8. The first-order valence-electron chi connectivity index (χ1n) is 18.5. The van der Waals surface area contributed by atoms with Gasteiger partial charge in [0.2, 0.25) is 0 Å². The number of fused-ring (bicyclic) bond motifs is 11. The van der Waals surface area contributed by atoms with E-state index in [1.54, 1.807) is 0 Å². The lowest BCUT2D eigenvalue weighted by Crippen LogP contribution is -1.91. The summed E-state index contributed by atoms with van der Waals surface area (Å²) in [6.07, 6.45) is 0. The van der Waals surface area contributed by atoms with E-state index in [9.17, 15) is 0 Å². The Morgan fingerprint density at radius 3 is 1.57 bits per heavy atom. The normalized spacial score (nSPS) is 12.1. The highest BCUT2D eigenvalue weighted by atomic mass is 32.1. The fourth-order valence-electron chi connectivity index (χ4n) is 9.07. The van der Waals surface area contributed by atoms with Gasteiger partial charge in [0.05, 0.1) is 0 Å². The van der Waals surface area contributed by atoms with Crippen molar-refractivity contribution in [3.05, 3.63) is 182 Å². The Morgan fingerprint density at radius 1 is 0.333 bits per heavy atom. The zero-order valence-electron chi connectivity index (χ0n) is 29.1. The fraction of sp³-hybridized carbons (Fsp3) is 0. The van der Waals surface area contributed by atoms with E-state index in [4.69, 9.17) is 4.42 Å². The van der Waals surface area contributed by atoms with Crippen LogP contribution < -0.4 is 0 Å². The molecule has 2 aromatic heterocycles. The van der Waals surface area contributed by atoms with Crippen LogP contribution in [0.2, 0.25) is 0 Å². The first kappa shape index (κ1) is 29.8. The topological polar surface area (TPSA) is 13.1 Å². The standard InChI is InChI=1S/C52H30OS/c1-3-14-35-31(11-1)13-9-21-40(35)50-43-18-7-5-16-41(43)49(42-17-6-8-19-44(42)50)34-24-27-39-38-26-23-33(29-46(38)53-47(39)30-34)37-20-10-22-45-51-36-15-4-2-12-32(36)25-28-48(51)54-52(37)45/h1-30H. The molecule has 0 atom stereocenters. The maximum Gasteiger partial charge on any atom is 0.136 e. The van der Waals surface area contributed by atoms with Crippen LogP contribution in [-0.2, 0) is 0 Å². The second-order valence-corrected chi connectivity index (χ2v) is 15.4. The van der Waals surface area contributed by atoms with Crippen LogP contribution in [0.15, 0.2) is 186 Å². The lowest BCUT2D eigenvalue weighted by Gasteiger charge is -2.18. The molecule has 12 rings (SSSR count). The van der Waals surface area contributed by atoms with Crippen LogP contribution in [0.3, 0.4) is 0 Å². The summed E-state index contributed by atoms with van der Waals surface area (Å²) in [5.41, 5.74) is 9.14. The van der Waals surface area contributed by atoms with Crippen molar-refractivity contribution in [1.82, 2.24) is 0 Å². The Labute approximate surface area is 314 Å². The summed E-state index contributed by atoms with van der Waals surface area (Å²) in [4.78, 5) is 0. The minimum Gasteiger partial charge on any atom is -0.456 e. The van der Waals surface area contributed by atoms with Crippen LogP contribution in [0.4, 0.5) is 0 Å². The number of benzene rings is 10. The molecule has 0 unspecified atom stereocenters. The summed E-state index contributed by atoms with van der Waals surface area (Å²) in [6, 6.07) is 66.6. The highest BCUT2D eigenvalue weighted by molar-refractivity contribution is 7.26. The minimum absolute atomic E-state index is 0.900. The molecule has 0 aliphatic rings. The highest BCUT2D eigenvalue weighted by Crippen LogP contribution is 2.47. The van der Waals surface area contributed by atoms with E-state index in [-0.39, 0.29) is 0 Å². The van der Waals surface area contributed by atoms with Gasteiger partial charge in [0, 0.05) is 30.9 Å². The molecular formula is C52H30OS. The van der Waals surface area contributed by atoms with Crippen molar-refractivity contribution in [3.63, 3.8) is 0 Å². The van der Waals surface area contributed by atoms with Crippen molar-refractivity contribution >= 4 is 96.5 Å². The third-order valence-corrected chi connectivity index (χ3v) is 12.7. The Kier molecular flexibility index (Phi) is 6.28. The van der Waals surface area contributed by atoms with E-state index in [1.165, 1.54) is 91.1 Å². The quantitative estimate of drug-likeness (QED) is 0.167. The maximum absolute atomic E-state index is 6.77. The van der Waals surface area contributed by atoms with Crippen LogP contribution >= 0.6 is 11.3 Å². The molecule has 0 bridgehead atoms. The molecule has 0 aliphatic heterocycles. The van der Waals surface area contributed by atoms with Gasteiger partial charge in [-0.3, -0.25) is 0 Å². The molecular weight excluding hydrogens is 673 g/mol. The molecule has 54 heavy (non-hydrogen) atoms. The monoisotopic (exact) mass is 702 g/mol. The van der Waals surface area contributed by atoms with E-state index in [0.717, 1.165) is 27.5 Å². The predicted octanol–water partition coefficient (Wildman–Crippen LogP) is 15.6. The largest absolute Gasteiger partial charge is 0.456 e. The van der Waals surface area contributed by atoms with Crippen LogP contribution in [0.1, 0.15) is 0 Å². The number of furan rings is 1. The summed E-state index contributed by atoms with van der Waals surface area (Å²) in [5, 5.41) is 15.0. The van der Waals surface area contributed by atoms with Crippen molar-refractivity contribution in [3.8, 4) is 33.4 Å². The van der Waals surface area contributed by atoms with Gasteiger partial charge in [-0.25, -0.2) is 0 Å². The molecule has 0 saturated heterocycles. The van der Waals surface area contributed by atoms with E-state index < -0.39 is 0 Å². The molecule has 0 radical (unpaired) electrons. The van der Waals surface area contributed by atoms with Crippen molar-refractivity contribution in [1.29, 1.82) is 0 Å². The Hall–Kier alpha value is -6.74.